The van der Waals surface area contributed by atoms with Gasteiger partial charge in [-0.25, -0.2) is 0 Å². The van der Waals surface area contributed by atoms with Crippen LogP contribution in [0.3, 0.4) is 0 Å². The fourth-order valence-electron chi connectivity index (χ4n) is 4.18. The standard InChI is InChI=1S/C25H29N5OS/c1-5-21(29(3)4)24-27-28-25(30(24)15-18-11-7-6-8-12-18)32-16-22(31)23-17(2)26-20-14-10-9-13-19(20)23/h6-14,21,26H,5,15-16H2,1-4H3. The molecular formula is C25H29N5OS. The van der Waals surface area contributed by atoms with Gasteiger partial charge in [0.1, 0.15) is 0 Å². The van der Waals surface area contributed by atoms with E-state index in [0.717, 1.165) is 39.6 Å². The number of nitrogens with one attached hydrogen (secondary N) is 1. The summed E-state index contributed by atoms with van der Waals surface area (Å²) in [4.78, 5) is 18.7. The van der Waals surface area contributed by atoms with Crippen LogP contribution in [0.5, 0.6) is 0 Å². The van der Waals surface area contributed by atoms with Crippen LogP contribution in [0.1, 0.15) is 46.8 Å². The molecule has 166 valence electrons. The molecule has 4 aromatic rings. The molecule has 0 radical (unpaired) electrons. The summed E-state index contributed by atoms with van der Waals surface area (Å²) in [6, 6.07) is 18.4. The van der Waals surface area contributed by atoms with Crippen LogP contribution in [0.15, 0.2) is 59.8 Å². The number of fused-ring (bicyclic) bond motifs is 1. The molecule has 4 rings (SSSR count). The fraction of sp³-hybridized carbons (Fsp3) is 0.320. The van der Waals surface area contributed by atoms with Gasteiger partial charge in [0.25, 0.3) is 0 Å². The van der Waals surface area contributed by atoms with Crippen LogP contribution in [0.4, 0.5) is 0 Å². The maximum atomic E-state index is 13.2. The Morgan fingerprint density at radius 2 is 1.81 bits per heavy atom. The Kier molecular flexibility index (Phi) is 6.77. The highest BCUT2D eigenvalue weighted by Gasteiger charge is 2.23. The van der Waals surface area contributed by atoms with Crippen LogP contribution in [-0.2, 0) is 6.54 Å². The highest BCUT2D eigenvalue weighted by molar-refractivity contribution is 7.99. The molecule has 1 atom stereocenters. The molecule has 0 aliphatic heterocycles. The van der Waals surface area contributed by atoms with Gasteiger partial charge in [-0.1, -0.05) is 67.2 Å². The largest absolute Gasteiger partial charge is 0.358 e. The first-order valence-electron chi connectivity index (χ1n) is 10.9. The zero-order valence-electron chi connectivity index (χ0n) is 19.0. The van der Waals surface area contributed by atoms with Crippen LogP contribution >= 0.6 is 11.8 Å². The van der Waals surface area contributed by atoms with E-state index in [9.17, 15) is 4.79 Å². The number of hydrogen-bond donors (Lipinski definition) is 1. The van der Waals surface area contributed by atoms with Gasteiger partial charge in [0.2, 0.25) is 0 Å². The molecule has 0 saturated carbocycles. The lowest BCUT2D eigenvalue weighted by Crippen LogP contribution is -2.23. The van der Waals surface area contributed by atoms with Crippen molar-refractivity contribution in [3.63, 3.8) is 0 Å². The van der Waals surface area contributed by atoms with Gasteiger partial charge in [0, 0.05) is 22.2 Å². The number of thioether (sulfide) groups is 1. The maximum Gasteiger partial charge on any atom is 0.192 e. The van der Waals surface area contributed by atoms with Crippen molar-refractivity contribution in [2.45, 2.75) is 38.0 Å². The first kappa shape index (κ1) is 22.3. The topological polar surface area (TPSA) is 66.8 Å². The van der Waals surface area contributed by atoms with E-state index >= 15 is 0 Å². The van der Waals surface area contributed by atoms with Crippen molar-refractivity contribution in [1.29, 1.82) is 0 Å². The second-order valence-electron chi connectivity index (χ2n) is 8.18. The van der Waals surface area contributed by atoms with Gasteiger partial charge < -0.3 is 9.55 Å². The van der Waals surface area contributed by atoms with E-state index in [1.165, 1.54) is 17.3 Å². The molecule has 2 aromatic heterocycles. The molecule has 0 saturated heterocycles. The molecule has 1 N–H and O–H groups in total. The number of ketones is 1. The molecule has 0 aliphatic carbocycles. The maximum absolute atomic E-state index is 13.2. The monoisotopic (exact) mass is 447 g/mol. The van der Waals surface area contributed by atoms with Crippen molar-refractivity contribution in [2.75, 3.05) is 19.8 Å². The van der Waals surface area contributed by atoms with E-state index < -0.39 is 0 Å². The zero-order valence-corrected chi connectivity index (χ0v) is 19.8. The highest BCUT2D eigenvalue weighted by atomic mass is 32.2. The quantitative estimate of drug-likeness (QED) is 0.285. The summed E-state index contributed by atoms with van der Waals surface area (Å²) in [5, 5.41) is 10.8. The summed E-state index contributed by atoms with van der Waals surface area (Å²) in [5.74, 6) is 1.34. The van der Waals surface area contributed by atoms with E-state index in [2.05, 4.69) is 57.8 Å². The minimum absolute atomic E-state index is 0.0976. The van der Waals surface area contributed by atoms with E-state index in [1.54, 1.807) is 0 Å². The molecule has 0 spiro atoms. The third kappa shape index (κ3) is 4.49. The van der Waals surface area contributed by atoms with Gasteiger partial charge in [-0.2, -0.15) is 0 Å². The number of aryl methyl sites for hydroxylation is 1. The molecule has 1 unspecified atom stereocenters. The first-order chi connectivity index (χ1) is 15.5. The van der Waals surface area contributed by atoms with Crippen LogP contribution < -0.4 is 0 Å². The Labute approximate surface area is 193 Å². The van der Waals surface area contributed by atoms with Gasteiger partial charge in [-0.05, 0) is 39.1 Å². The minimum Gasteiger partial charge on any atom is -0.358 e. The lowest BCUT2D eigenvalue weighted by molar-refractivity contribution is 0.102. The van der Waals surface area contributed by atoms with Crippen molar-refractivity contribution in [2.24, 2.45) is 0 Å². The summed E-state index contributed by atoms with van der Waals surface area (Å²) in [5.41, 5.74) is 3.84. The molecule has 32 heavy (non-hydrogen) atoms. The Morgan fingerprint density at radius 1 is 1.09 bits per heavy atom. The Hall–Kier alpha value is -2.90. The number of hydrogen-bond acceptors (Lipinski definition) is 5. The number of H-pyrrole nitrogens is 1. The van der Waals surface area contributed by atoms with Gasteiger partial charge in [-0.3, -0.25) is 9.69 Å². The van der Waals surface area contributed by atoms with Crippen LogP contribution in [-0.4, -0.2) is 50.3 Å². The molecule has 0 fully saturated rings. The summed E-state index contributed by atoms with van der Waals surface area (Å²) >= 11 is 1.46. The van der Waals surface area contributed by atoms with Gasteiger partial charge in [-0.15, -0.1) is 10.2 Å². The lowest BCUT2D eigenvalue weighted by Gasteiger charge is -2.23. The average molecular weight is 448 g/mol. The predicted molar refractivity (Wildman–Crippen MR) is 130 cm³/mol. The van der Waals surface area contributed by atoms with E-state index in [0.29, 0.717) is 12.3 Å². The number of aromatic nitrogens is 4. The number of nitrogens with zero attached hydrogens (tertiary/aromatic N) is 4. The SMILES string of the molecule is CCC(c1nnc(SCC(=O)c2c(C)[nH]c3ccccc23)n1Cc1ccccc1)N(C)C. The third-order valence-electron chi connectivity index (χ3n) is 5.74. The third-order valence-corrected chi connectivity index (χ3v) is 6.71. The van der Waals surface area contributed by atoms with Crippen LogP contribution in [0.2, 0.25) is 0 Å². The number of carbonyl (C=O) groups excluding carboxylic acids is 1. The minimum atomic E-state index is 0.0976. The smallest absolute Gasteiger partial charge is 0.192 e. The predicted octanol–water partition coefficient (Wildman–Crippen LogP) is 5.10. The van der Waals surface area contributed by atoms with E-state index in [4.69, 9.17) is 0 Å². The molecule has 7 heteroatoms. The van der Waals surface area contributed by atoms with Crippen molar-refractivity contribution < 1.29 is 4.79 Å². The molecule has 2 heterocycles. The molecule has 0 bridgehead atoms. The second kappa shape index (κ2) is 9.71. The molecule has 2 aromatic carbocycles. The first-order valence-corrected chi connectivity index (χ1v) is 11.8. The van der Waals surface area contributed by atoms with E-state index in [1.807, 2.05) is 49.4 Å². The lowest BCUT2D eigenvalue weighted by atomic mass is 10.1. The van der Waals surface area contributed by atoms with Crippen molar-refractivity contribution in [3.8, 4) is 0 Å². The van der Waals surface area contributed by atoms with Crippen molar-refractivity contribution >= 4 is 28.4 Å². The Balaban J connectivity index is 1.62. The van der Waals surface area contributed by atoms with Crippen molar-refractivity contribution in [1.82, 2.24) is 24.6 Å². The van der Waals surface area contributed by atoms with E-state index in [-0.39, 0.29) is 11.8 Å². The molecule has 6 nitrogen and oxygen atoms in total. The number of rotatable bonds is 9. The molecule has 0 aliphatic rings. The Bertz CT molecular complexity index is 1210. The summed E-state index contributed by atoms with van der Waals surface area (Å²) in [6.07, 6.45) is 0.929. The van der Waals surface area contributed by atoms with Crippen molar-refractivity contribution in [3.05, 3.63) is 77.2 Å². The van der Waals surface area contributed by atoms with Gasteiger partial charge >= 0.3 is 0 Å². The summed E-state index contributed by atoms with van der Waals surface area (Å²) < 4.78 is 2.16. The average Bonchev–Trinajstić information content (AvgIpc) is 3.33. The summed E-state index contributed by atoms with van der Waals surface area (Å²) in [7, 11) is 4.12. The number of para-hydroxylation sites is 1. The number of Topliss-reactive ketones (excluding diaryl/α,β-unsaturated/α-hetero) is 1. The zero-order chi connectivity index (χ0) is 22.7. The number of aromatic amines is 1. The van der Waals surface area contributed by atoms with Gasteiger partial charge in [0.05, 0.1) is 18.3 Å². The highest BCUT2D eigenvalue weighted by Crippen LogP contribution is 2.28. The van der Waals surface area contributed by atoms with Crippen LogP contribution in [0, 0.1) is 6.92 Å². The Morgan fingerprint density at radius 3 is 2.53 bits per heavy atom. The van der Waals surface area contributed by atoms with Gasteiger partial charge in [0.15, 0.2) is 16.8 Å². The normalized spacial score (nSPS) is 12.5. The number of carbonyl (C=O) groups is 1. The fourth-order valence-corrected chi connectivity index (χ4v) is 5.00. The van der Waals surface area contributed by atoms with Crippen LogP contribution in [0.25, 0.3) is 10.9 Å². The number of benzene rings is 2. The second-order valence-corrected chi connectivity index (χ2v) is 9.13. The molecular weight excluding hydrogens is 418 g/mol. The molecule has 0 amide bonds. The summed E-state index contributed by atoms with van der Waals surface area (Å²) in [6.45, 7) is 4.79.